The largest absolute Gasteiger partial charge is 0.447 e. The van der Waals surface area contributed by atoms with Gasteiger partial charge in [0.15, 0.2) is 0 Å². The van der Waals surface area contributed by atoms with Crippen LogP contribution in [0.5, 0.6) is 0 Å². The smallest absolute Gasteiger partial charge is 0.416 e. The van der Waals surface area contributed by atoms with Crippen LogP contribution in [0.4, 0.5) is 4.79 Å². The van der Waals surface area contributed by atoms with Crippen molar-refractivity contribution in [2.24, 2.45) is 5.92 Å². The standard InChI is InChI=1S/C18H21NO4/c1-3-4-10-16(13(2)20)17(21)19-15(12-23-18(19)22)11-14-8-6-5-7-9-14/h1,5-9,13,15-16,20H,4,10-12H2,2H3/t13-,15+,16-/m1/s1. The minimum absolute atomic E-state index is 0.168. The topological polar surface area (TPSA) is 66.8 Å². The van der Waals surface area contributed by atoms with Gasteiger partial charge in [-0.1, -0.05) is 30.3 Å². The van der Waals surface area contributed by atoms with Crippen LogP contribution >= 0.6 is 0 Å². The number of terminal acetylenes is 1. The van der Waals surface area contributed by atoms with Crippen LogP contribution in [0.15, 0.2) is 30.3 Å². The molecule has 1 aliphatic rings. The molecule has 0 spiro atoms. The molecule has 3 atom stereocenters. The first-order chi connectivity index (χ1) is 11.0. The molecule has 5 heteroatoms. The van der Waals surface area contributed by atoms with Gasteiger partial charge in [0.1, 0.15) is 6.61 Å². The molecule has 1 heterocycles. The number of nitrogens with zero attached hydrogens (tertiary/aromatic N) is 1. The van der Waals surface area contributed by atoms with Gasteiger partial charge in [0.25, 0.3) is 0 Å². The summed E-state index contributed by atoms with van der Waals surface area (Å²) >= 11 is 0. The molecule has 0 unspecified atom stereocenters. The van der Waals surface area contributed by atoms with Crippen LogP contribution in [0.3, 0.4) is 0 Å². The summed E-state index contributed by atoms with van der Waals surface area (Å²) in [5, 5.41) is 9.86. The van der Waals surface area contributed by atoms with Crippen molar-refractivity contribution < 1.29 is 19.4 Å². The summed E-state index contributed by atoms with van der Waals surface area (Å²) in [6, 6.07) is 9.25. The number of amides is 2. The van der Waals surface area contributed by atoms with Crippen LogP contribution in [0.25, 0.3) is 0 Å². The Labute approximate surface area is 136 Å². The van der Waals surface area contributed by atoms with Crippen molar-refractivity contribution in [3.8, 4) is 12.3 Å². The van der Waals surface area contributed by atoms with Gasteiger partial charge < -0.3 is 9.84 Å². The van der Waals surface area contributed by atoms with E-state index in [1.54, 1.807) is 0 Å². The average Bonchev–Trinajstić information content (AvgIpc) is 2.88. The third kappa shape index (κ3) is 4.11. The first-order valence-electron chi connectivity index (χ1n) is 7.70. The lowest BCUT2D eigenvalue weighted by Gasteiger charge is -2.26. The molecule has 0 bridgehead atoms. The van der Waals surface area contributed by atoms with Gasteiger partial charge in [0.05, 0.1) is 18.1 Å². The molecule has 0 aromatic heterocycles. The van der Waals surface area contributed by atoms with Crippen LogP contribution in [0.1, 0.15) is 25.3 Å². The molecule has 2 amide bonds. The number of ether oxygens (including phenoxy) is 1. The summed E-state index contributed by atoms with van der Waals surface area (Å²) in [6.45, 7) is 1.70. The monoisotopic (exact) mass is 315 g/mol. The van der Waals surface area contributed by atoms with Crippen molar-refractivity contribution in [3.05, 3.63) is 35.9 Å². The maximum atomic E-state index is 12.7. The van der Waals surface area contributed by atoms with Crippen LogP contribution in [-0.2, 0) is 16.0 Å². The van der Waals surface area contributed by atoms with E-state index in [1.807, 2.05) is 30.3 Å². The van der Waals surface area contributed by atoms with Crippen LogP contribution < -0.4 is 0 Å². The molecule has 1 aromatic rings. The number of carbonyl (C=O) groups excluding carboxylic acids is 2. The van der Waals surface area contributed by atoms with Gasteiger partial charge in [-0.05, 0) is 25.3 Å². The second-order valence-electron chi connectivity index (χ2n) is 5.72. The molecule has 0 saturated carbocycles. The van der Waals surface area contributed by atoms with Gasteiger partial charge in [-0.3, -0.25) is 4.79 Å². The number of aliphatic hydroxyl groups is 1. The molecule has 0 radical (unpaired) electrons. The number of carbonyl (C=O) groups is 2. The SMILES string of the molecule is C#CCC[C@@H](C(=O)N1C(=O)OC[C@@H]1Cc1ccccc1)[C@@H](C)O. The van der Waals surface area contributed by atoms with Crippen LogP contribution in [0.2, 0.25) is 0 Å². The lowest BCUT2D eigenvalue weighted by atomic mass is 9.95. The van der Waals surface area contributed by atoms with E-state index in [0.717, 1.165) is 10.5 Å². The fourth-order valence-electron chi connectivity index (χ4n) is 2.76. The Morgan fingerprint density at radius 2 is 2.17 bits per heavy atom. The second-order valence-corrected chi connectivity index (χ2v) is 5.72. The van der Waals surface area contributed by atoms with Crippen molar-refractivity contribution in [3.63, 3.8) is 0 Å². The van der Waals surface area contributed by atoms with Gasteiger partial charge in [0.2, 0.25) is 5.91 Å². The van der Waals surface area contributed by atoms with Crippen molar-refractivity contribution in [2.75, 3.05) is 6.61 Å². The summed E-state index contributed by atoms with van der Waals surface area (Å²) in [5.41, 5.74) is 1.02. The third-order valence-electron chi connectivity index (χ3n) is 4.01. The quantitative estimate of drug-likeness (QED) is 0.815. The fourth-order valence-corrected chi connectivity index (χ4v) is 2.76. The molecule has 0 aliphatic carbocycles. The number of hydrogen-bond acceptors (Lipinski definition) is 4. The van der Waals surface area contributed by atoms with Gasteiger partial charge >= 0.3 is 6.09 Å². The van der Waals surface area contributed by atoms with E-state index in [-0.39, 0.29) is 12.6 Å². The number of aliphatic hydroxyl groups excluding tert-OH is 1. The van der Waals surface area contributed by atoms with Crippen molar-refractivity contribution in [2.45, 2.75) is 38.3 Å². The van der Waals surface area contributed by atoms with Crippen LogP contribution in [0, 0.1) is 18.3 Å². The summed E-state index contributed by atoms with van der Waals surface area (Å²) in [7, 11) is 0. The molecular weight excluding hydrogens is 294 g/mol. The van der Waals surface area contributed by atoms with E-state index in [1.165, 1.54) is 6.92 Å². The summed E-state index contributed by atoms with van der Waals surface area (Å²) < 4.78 is 5.05. The van der Waals surface area contributed by atoms with E-state index in [4.69, 9.17) is 11.2 Å². The van der Waals surface area contributed by atoms with E-state index in [2.05, 4.69) is 5.92 Å². The highest BCUT2D eigenvalue weighted by atomic mass is 16.6. The molecule has 23 heavy (non-hydrogen) atoms. The highest BCUT2D eigenvalue weighted by molar-refractivity contribution is 5.95. The molecule has 1 aliphatic heterocycles. The van der Waals surface area contributed by atoms with E-state index >= 15 is 0 Å². The van der Waals surface area contributed by atoms with Gasteiger partial charge in [-0.15, -0.1) is 12.3 Å². The highest BCUT2D eigenvalue weighted by Gasteiger charge is 2.41. The van der Waals surface area contributed by atoms with Crippen molar-refractivity contribution in [1.29, 1.82) is 0 Å². The minimum Gasteiger partial charge on any atom is -0.447 e. The predicted molar refractivity (Wildman–Crippen MR) is 85.4 cm³/mol. The fraction of sp³-hybridized carbons (Fsp3) is 0.444. The first-order valence-corrected chi connectivity index (χ1v) is 7.70. The Kier molecular flexibility index (Phi) is 5.78. The number of imide groups is 1. The summed E-state index contributed by atoms with van der Waals surface area (Å²) in [5.74, 6) is 1.35. The number of hydrogen-bond donors (Lipinski definition) is 1. The zero-order valence-corrected chi connectivity index (χ0v) is 13.1. The maximum Gasteiger partial charge on any atom is 0.416 e. The second kappa shape index (κ2) is 7.80. The lowest BCUT2D eigenvalue weighted by Crippen LogP contribution is -2.46. The third-order valence-corrected chi connectivity index (χ3v) is 4.01. The van der Waals surface area contributed by atoms with E-state index in [0.29, 0.717) is 19.3 Å². The molecule has 5 nitrogen and oxygen atoms in total. The molecule has 2 rings (SSSR count). The Bertz CT molecular complexity index is 591. The predicted octanol–water partition coefficient (Wildman–Crippen LogP) is 1.99. The average molecular weight is 315 g/mol. The molecular formula is C18H21NO4. The van der Waals surface area contributed by atoms with Crippen molar-refractivity contribution in [1.82, 2.24) is 4.90 Å². The number of rotatable bonds is 6. The molecule has 1 N–H and O–H groups in total. The maximum absolute atomic E-state index is 12.7. The first kappa shape index (κ1) is 17.0. The number of cyclic esters (lactones) is 1. The van der Waals surface area contributed by atoms with E-state index in [9.17, 15) is 14.7 Å². The van der Waals surface area contributed by atoms with Crippen LogP contribution in [-0.4, -0.2) is 40.8 Å². The highest BCUT2D eigenvalue weighted by Crippen LogP contribution is 2.23. The normalized spacial score (nSPS) is 19.8. The Morgan fingerprint density at radius 1 is 1.48 bits per heavy atom. The number of benzene rings is 1. The van der Waals surface area contributed by atoms with Gasteiger partial charge in [0, 0.05) is 6.42 Å². The van der Waals surface area contributed by atoms with Gasteiger partial charge in [-0.25, -0.2) is 9.69 Å². The molecule has 122 valence electrons. The Hall–Kier alpha value is -2.32. The van der Waals surface area contributed by atoms with Gasteiger partial charge in [-0.2, -0.15) is 0 Å². The Balaban J connectivity index is 2.14. The minimum atomic E-state index is -0.873. The Morgan fingerprint density at radius 3 is 2.78 bits per heavy atom. The summed E-state index contributed by atoms with van der Waals surface area (Å²) in [6.07, 6.45) is 4.95. The zero-order valence-electron chi connectivity index (χ0n) is 13.1. The lowest BCUT2D eigenvalue weighted by molar-refractivity contribution is -0.137. The van der Waals surface area contributed by atoms with E-state index < -0.39 is 24.0 Å². The molecule has 1 fully saturated rings. The zero-order chi connectivity index (χ0) is 16.8. The van der Waals surface area contributed by atoms with Crippen molar-refractivity contribution >= 4 is 12.0 Å². The molecule has 1 aromatic carbocycles. The molecule has 1 saturated heterocycles. The summed E-state index contributed by atoms with van der Waals surface area (Å²) in [4.78, 5) is 25.8.